The first-order chi connectivity index (χ1) is 15.6. The highest BCUT2D eigenvalue weighted by Gasteiger charge is 2.25. The van der Waals surface area contributed by atoms with Gasteiger partial charge in [0.1, 0.15) is 4.88 Å². The average Bonchev–Trinajstić information content (AvgIpc) is 3.30. The lowest BCUT2D eigenvalue weighted by Gasteiger charge is -2.28. The van der Waals surface area contributed by atoms with Crippen LogP contribution in [0.5, 0.6) is 0 Å². The molecule has 0 unspecified atom stereocenters. The maximum Gasteiger partial charge on any atom is 0.349 e. The molecule has 1 saturated heterocycles. The van der Waals surface area contributed by atoms with Gasteiger partial charge >= 0.3 is 5.97 Å². The average molecular weight is 451 g/mol. The monoisotopic (exact) mass is 450 g/mol. The first kappa shape index (κ1) is 22.0. The number of hydrogen-bond acceptors (Lipinski definition) is 6. The van der Waals surface area contributed by atoms with Gasteiger partial charge in [0.15, 0.2) is 6.10 Å². The number of nitrogens with one attached hydrogen (secondary N) is 1. The van der Waals surface area contributed by atoms with Gasteiger partial charge in [0, 0.05) is 25.2 Å². The van der Waals surface area contributed by atoms with Crippen LogP contribution in [0.2, 0.25) is 0 Å². The molecule has 6 nitrogen and oxygen atoms in total. The number of hydrogen-bond donors (Lipinski definition) is 1. The molecule has 1 atom stereocenters. The molecular formula is C25H26N2O4S. The van der Waals surface area contributed by atoms with Crippen LogP contribution in [0.25, 0.3) is 11.1 Å². The van der Waals surface area contributed by atoms with Crippen molar-refractivity contribution in [3.05, 3.63) is 77.2 Å². The lowest BCUT2D eigenvalue weighted by Crippen LogP contribution is -2.36. The third-order valence-electron chi connectivity index (χ3n) is 5.26. The summed E-state index contributed by atoms with van der Waals surface area (Å²) in [7, 11) is 0. The van der Waals surface area contributed by atoms with Crippen molar-refractivity contribution in [2.75, 3.05) is 31.2 Å². The Kier molecular flexibility index (Phi) is 7.19. The smallest absolute Gasteiger partial charge is 0.349 e. The van der Waals surface area contributed by atoms with E-state index in [2.05, 4.69) is 10.2 Å². The van der Waals surface area contributed by atoms with Crippen LogP contribution in [-0.2, 0) is 20.8 Å². The van der Waals surface area contributed by atoms with Gasteiger partial charge in [0.2, 0.25) is 0 Å². The number of amides is 1. The van der Waals surface area contributed by atoms with E-state index in [1.165, 1.54) is 11.3 Å². The summed E-state index contributed by atoms with van der Waals surface area (Å²) in [4.78, 5) is 28.0. The number of rotatable bonds is 7. The molecule has 1 aliphatic heterocycles. The fourth-order valence-corrected chi connectivity index (χ4v) is 4.62. The zero-order chi connectivity index (χ0) is 22.3. The Labute approximate surface area is 191 Å². The highest BCUT2D eigenvalue weighted by atomic mass is 32.1. The predicted octanol–water partition coefficient (Wildman–Crippen LogP) is 4.11. The van der Waals surface area contributed by atoms with Crippen molar-refractivity contribution in [3.8, 4) is 11.1 Å². The fourth-order valence-electron chi connectivity index (χ4n) is 3.51. The van der Waals surface area contributed by atoms with Crippen LogP contribution in [0.15, 0.2) is 66.7 Å². The topological polar surface area (TPSA) is 67.9 Å². The van der Waals surface area contributed by atoms with E-state index in [4.69, 9.17) is 9.47 Å². The van der Waals surface area contributed by atoms with Gasteiger partial charge in [-0.3, -0.25) is 4.79 Å². The molecule has 32 heavy (non-hydrogen) atoms. The Morgan fingerprint density at radius 2 is 1.72 bits per heavy atom. The number of nitrogens with zero attached hydrogens (tertiary/aromatic N) is 1. The van der Waals surface area contributed by atoms with Crippen molar-refractivity contribution in [1.82, 2.24) is 5.32 Å². The quantitative estimate of drug-likeness (QED) is 0.549. The lowest BCUT2D eigenvalue weighted by atomic mass is 10.1. The molecule has 2 heterocycles. The van der Waals surface area contributed by atoms with Crippen molar-refractivity contribution >= 4 is 28.2 Å². The molecule has 1 amide bonds. The zero-order valence-corrected chi connectivity index (χ0v) is 18.8. The molecule has 0 aliphatic carbocycles. The van der Waals surface area contributed by atoms with Crippen molar-refractivity contribution < 1.29 is 19.1 Å². The molecule has 1 aromatic heterocycles. The number of thiophene rings is 1. The van der Waals surface area contributed by atoms with E-state index in [-0.39, 0.29) is 5.91 Å². The Bertz CT molecular complexity index is 1050. The molecule has 166 valence electrons. The van der Waals surface area contributed by atoms with Crippen LogP contribution in [0.3, 0.4) is 0 Å². The van der Waals surface area contributed by atoms with Crippen molar-refractivity contribution in [2.45, 2.75) is 19.6 Å². The van der Waals surface area contributed by atoms with E-state index in [0.29, 0.717) is 24.6 Å². The van der Waals surface area contributed by atoms with Crippen LogP contribution in [0.1, 0.15) is 22.2 Å². The highest BCUT2D eigenvalue weighted by molar-refractivity contribution is 7.18. The van der Waals surface area contributed by atoms with Gasteiger partial charge in [0.25, 0.3) is 5.91 Å². The van der Waals surface area contributed by atoms with Gasteiger partial charge < -0.3 is 19.7 Å². The number of carbonyl (C=O) groups is 2. The van der Waals surface area contributed by atoms with E-state index in [0.717, 1.165) is 34.8 Å². The van der Waals surface area contributed by atoms with Crippen LogP contribution < -0.4 is 10.2 Å². The van der Waals surface area contributed by atoms with Crippen LogP contribution in [-0.4, -0.2) is 44.3 Å². The number of ether oxygens (including phenoxy) is 2. The third kappa shape index (κ3) is 5.36. The molecule has 7 heteroatoms. The minimum absolute atomic E-state index is 0.324. The normalized spacial score (nSPS) is 14.6. The van der Waals surface area contributed by atoms with Gasteiger partial charge in [-0.1, -0.05) is 60.7 Å². The molecular weight excluding hydrogens is 424 g/mol. The Morgan fingerprint density at radius 3 is 2.41 bits per heavy atom. The summed E-state index contributed by atoms with van der Waals surface area (Å²) in [5, 5.41) is 3.84. The maximum absolute atomic E-state index is 12.9. The largest absolute Gasteiger partial charge is 0.448 e. The van der Waals surface area contributed by atoms with Gasteiger partial charge in [-0.2, -0.15) is 0 Å². The fraction of sp³-hybridized carbons (Fsp3) is 0.280. The molecule has 1 fully saturated rings. The van der Waals surface area contributed by atoms with Gasteiger partial charge in [-0.25, -0.2) is 4.79 Å². The van der Waals surface area contributed by atoms with Crippen LogP contribution in [0, 0.1) is 0 Å². The second kappa shape index (κ2) is 10.4. The van der Waals surface area contributed by atoms with Crippen molar-refractivity contribution in [1.29, 1.82) is 0 Å². The summed E-state index contributed by atoms with van der Waals surface area (Å²) < 4.78 is 11.0. The standard InChI is InChI=1S/C25H26N2O4S/c1-18(23(28)26-17-19-8-4-2-5-9-19)31-25(29)22-16-21(20-10-6-3-7-11-20)24(32-22)27-12-14-30-15-13-27/h2-11,16,18H,12-15,17H2,1H3,(H,26,28)/t18-/m0/s1. The predicted molar refractivity (Wildman–Crippen MR) is 126 cm³/mol. The summed E-state index contributed by atoms with van der Waals surface area (Å²) in [5.41, 5.74) is 3.02. The molecule has 0 bridgehead atoms. The number of benzene rings is 2. The minimum atomic E-state index is -0.889. The second-order valence-electron chi connectivity index (χ2n) is 7.55. The lowest BCUT2D eigenvalue weighted by molar-refractivity contribution is -0.129. The number of morpholine rings is 1. The SMILES string of the molecule is C[C@H](OC(=O)c1cc(-c2ccccc2)c(N2CCOCC2)s1)C(=O)NCc1ccccc1. The maximum atomic E-state index is 12.9. The number of esters is 1. The van der Waals surface area contributed by atoms with Gasteiger partial charge in [0.05, 0.1) is 18.2 Å². The van der Waals surface area contributed by atoms with Crippen LogP contribution >= 0.6 is 11.3 Å². The second-order valence-corrected chi connectivity index (χ2v) is 8.58. The summed E-state index contributed by atoms with van der Waals surface area (Å²) in [6.45, 7) is 4.84. The number of anilines is 1. The molecule has 1 N–H and O–H groups in total. The third-order valence-corrected chi connectivity index (χ3v) is 6.44. The zero-order valence-electron chi connectivity index (χ0n) is 18.0. The summed E-state index contributed by atoms with van der Waals surface area (Å²) in [5.74, 6) is -0.815. The van der Waals surface area contributed by atoms with Gasteiger partial charge in [-0.15, -0.1) is 11.3 Å². The first-order valence-corrected chi connectivity index (χ1v) is 11.5. The number of carbonyl (C=O) groups excluding carboxylic acids is 2. The summed E-state index contributed by atoms with van der Waals surface area (Å²) >= 11 is 1.40. The molecule has 0 radical (unpaired) electrons. The van der Waals surface area contributed by atoms with E-state index in [9.17, 15) is 9.59 Å². The molecule has 2 aromatic carbocycles. The first-order valence-electron chi connectivity index (χ1n) is 10.7. The molecule has 0 spiro atoms. The van der Waals surface area contributed by atoms with E-state index in [1.807, 2.05) is 66.7 Å². The van der Waals surface area contributed by atoms with Crippen molar-refractivity contribution in [3.63, 3.8) is 0 Å². The minimum Gasteiger partial charge on any atom is -0.448 e. The highest BCUT2D eigenvalue weighted by Crippen LogP contribution is 2.39. The summed E-state index contributed by atoms with van der Waals surface area (Å²) in [6, 6.07) is 21.5. The Morgan fingerprint density at radius 1 is 1.06 bits per heavy atom. The molecule has 1 aliphatic rings. The Hall–Kier alpha value is -3.16. The van der Waals surface area contributed by atoms with E-state index < -0.39 is 12.1 Å². The van der Waals surface area contributed by atoms with Gasteiger partial charge in [-0.05, 0) is 24.1 Å². The molecule has 3 aromatic rings. The Balaban J connectivity index is 1.46. The van der Waals surface area contributed by atoms with E-state index >= 15 is 0 Å². The summed E-state index contributed by atoms with van der Waals surface area (Å²) in [6.07, 6.45) is -0.889. The van der Waals surface area contributed by atoms with Crippen LogP contribution in [0.4, 0.5) is 5.00 Å². The molecule has 0 saturated carbocycles. The van der Waals surface area contributed by atoms with Crippen molar-refractivity contribution in [2.24, 2.45) is 0 Å². The molecule has 4 rings (SSSR count). The van der Waals surface area contributed by atoms with E-state index in [1.54, 1.807) is 6.92 Å².